The highest BCUT2D eigenvalue weighted by Gasteiger charge is 2.04. The van der Waals surface area contributed by atoms with Gasteiger partial charge in [0.25, 0.3) is 0 Å². The van der Waals surface area contributed by atoms with Gasteiger partial charge in [-0.15, -0.1) is 0 Å². The van der Waals surface area contributed by atoms with Crippen molar-refractivity contribution in [2.45, 2.75) is 19.3 Å². The van der Waals surface area contributed by atoms with Crippen molar-refractivity contribution in [1.29, 1.82) is 5.41 Å². The van der Waals surface area contributed by atoms with Crippen LogP contribution in [0.3, 0.4) is 0 Å². The first kappa shape index (κ1) is 9.10. The standard InChI is InChI=1S/C6H12N2O2/c7-4-2-1-3-5(8)6(9)10/h8H,1-4,7H2,(H,9,10). The summed E-state index contributed by atoms with van der Waals surface area (Å²) in [5, 5.41) is 15.1. The molecule has 0 spiro atoms. The average molecular weight is 144 g/mol. The number of carbonyl (C=O) groups is 1. The van der Waals surface area contributed by atoms with Gasteiger partial charge in [0.2, 0.25) is 0 Å². The van der Waals surface area contributed by atoms with Gasteiger partial charge in [0.15, 0.2) is 0 Å². The van der Waals surface area contributed by atoms with Crippen LogP contribution in [-0.4, -0.2) is 23.3 Å². The van der Waals surface area contributed by atoms with Crippen LogP contribution in [0.15, 0.2) is 0 Å². The van der Waals surface area contributed by atoms with Gasteiger partial charge < -0.3 is 10.8 Å². The number of carboxylic acid groups (broad SMARTS) is 1. The predicted molar refractivity (Wildman–Crippen MR) is 38.3 cm³/mol. The molecule has 0 saturated heterocycles. The van der Waals surface area contributed by atoms with Crippen molar-refractivity contribution in [3.8, 4) is 0 Å². The minimum absolute atomic E-state index is 0.228. The van der Waals surface area contributed by atoms with E-state index in [4.69, 9.17) is 16.2 Å². The highest BCUT2D eigenvalue weighted by Crippen LogP contribution is 1.94. The Kier molecular flexibility index (Phi) is 4.49. The van der Waals surface area contributed by atoms with Crippen molar-refractivity contribution < 1.29 is 9.90 Å². The zero-order chi connectivity index (χ0) is 7.98. The van der Waals surface area contributed by atoms with Crippen molar-refractivity contribution >= 4 is 11.7 Å². The second-order valence-corrected chi connectivity index (χ2v) is 2.03. The van der Waals surface area contributed by atoms with Gasteiger partial charge in [-0.05, 0) is 25.8 Å². The van der Waals surface area contributed by atoms with Gasteiger partial charge >= 0.3 is 5.97 Å². The van der Waals surface area contributed by atoms with E-state index in [2.05, 4.69) is 0 Å². The summed E-state index contributed by atoms with van der Waals surface area (Å²) in [6.45, 7) is 0.562. The van der Waals surface area contributed by atoms with Crippen LogP contribution in [0.4, 0.5) is 0 Å². The minimum Gasteiger partial charge on any atom is -0.477 e. The van der Waals surface area contributed by atoms with Crippen LogP contribution in [0.5, 0.6) is 0 Å². The number of carboxylic acids is 1. The number of rotatable bonds is 5. The van der Waals surface area contributed by atoms with Crippen molar-refractivity contribution in [1.82, 2.24) is 0 Å². The Hall–Kier alpha value is -0.900. The van der Waals surface area contributed by atoms with E-state index in [1.165, 1.54) is 0 Å². The van der Waals surface area contributed by atoms with Crippen LogP contribution in [0.1, 0.15) is 19.3 Å². The number of hydrogen-bond donors (Lipinski definition) is 3. The Morgan fingerprint density at radius 1 is 1.50 bits per heavy atom. The normalized spacial score (nSPS) is 9.30. The first-order chi connectivity index (χ1) is 4.68. The first-order valence-electron chi connectivity index (χ1n) is 3.19. The van der Waals surface area contributed by atoms with E-state index >= 15 is 0 Å². The molecule has 0 fully saturated rings. The molecule has 0 atom stereocenters. The SMILES string of the molecule is N=C(CCCCN)C(=O)O. The highest BCUT2D eigenvalue weighted by molar-refractivity contribution is 6.34. The Morgan fingerprint density at radius 2 is 2.10 bits per heavy atom. The third-order valence-corrected chi connectivity index (χ3v) is 1.14. The summed E-state index contributed by atoms with van der Waals surface area (Å²) < 4.78 is 0. The highest BCUT2D eigenvalue weighted by atomic mass is 16.4. The molecule has 0 aliphatic carbocycles. The zero-order valence-corrected chi connectivity index (χ0v) is 5.76. The van der Waals surface area contributed by atoms with E-state index in [-0.39, 0.29) is 5.71 Å². The quantitative estimate of drug-likeness (QED) is 0.381. The fraction of sp³-hybridized carbons (Fsp3) is 0.667. The molecule has 0 rings (SSSR count). The molecule has 0 saturated carbocycles. The van der Waals surface area contributed by atoms with E-state index in [1.54, 1.807) is 0 Å². The Morgan fingerprint density at radius 3 is 2.50 bits per heavy atom. The molecule has 0 aromatic heterocycles. The lowest BCUT2D eigenvalue weighted by Gasteiger charge is -1.95. The molecule has 0 amide bonds. The van der Waals surface area contributed by atoms with Crippen LogP contribution in [0, 0.1) is 5.41 Å². The Balaban J connectivity index is 3.31. The summed E-state index contributed by atoms with van der Waals surface area (Å²) in [5.74, 6) is -1.13. The summed E-state index contributed by atoms with van der Waals surface area (Å²) in [4.78, 5) is 10.0. The second kappa shape index (κ2) is 4.93. The topological polar surface area (TPSA) is 87.2 Å². The molecule has 4 nitrogen and oxygen atoms in total. The molecule has 58 valence electrons. The lowest BCUT2D eigenvalue weighted by molar-refractivity contribution is -0.129. The molecule has 0 aliphatic rings. The monoisotopic (exact) mass is 144 g/mol. The maximum atomic E-state index is 10.0. The molecular weight excluding hydrogens is 132 g/mol. The van der Waals surface area contributed by atoms with E-state index in [9.17, 15) is 4.79 Å². The molecular formula is C6H12N2O2. The van der Waals surface area contributed by atoms with Crippen molar-refractivity contribution in [2.24, 2.45) is 5.73 Å². The zero-order valence-electron chi connectivity index (χ0n) is 5.76. The number of unbranched alkanes of at least 4 members (excludes halogenated alkanes) is 1. The number of nitrogens with two attached hydrogens (primary N) is 1. The molecule has 0 radical (unpaired) electrons. The van der Waals surface area contributed by atoms with Gasteiger partial charge in [0.1, 0.15) is 5.71 Å². The molecule has 0 aromatic rings. The molecule has 0 unspecified atom stereocenters. The van der Waals surface area contributed by atoms with Crippen LogP contribution < -0.4 is 5.73 Å². The molecule has 0 aromatic carbocycles. The smallest absolute Gasteiger partial charge is 0.349 e. The molecule has 4 heteroatoms. The van der Waals surface area contributed by atoms with Crippen LogP contribution in [0.2, 0.25) is 0 Å². The lowest BCUT2D eigenvalue weighted by atomic mass is 10.2. The Bertz CT molecular complexity index is 134. The van der Waals surface area contributed by atoms with E-state index in [0.29, 0.717) is 19.4 Å². The van der Waals surface area contributed by atoms with Crippen LogP contribution >= 0.6 is 0 Å². The maximum Gasteiger partial charge on any atom is 0.349 e. The molecule has 0 aliphatic heterocycles. The number of hydrogen-bond acceptors (Lipinski definition) is 3. The predicted octanol–water partition coefficient (Wildman–Crippen LogP) is 0.220. The lowest BCUT2D eigenvalue weighted by Crippen LogP contribution is -2.11. The summed E-state index contributed by atoms with van der Waals surface area (Å²) in [6.07, 6.45) is 1.81. The third-order valence-electron chi connectivity index (χ3n) is 1.14. The average Bonchev–Trinajstić information content (AvgIpc) is 1.88. The fourth-order valence-corrected chi connectivity index (χ4v) is 0.553. The number of aliphatic carboxylic acids is 1. The van der Waals surface area contributed by atoms with Gasteiger partial charge in [-0.2, -0.15) is 0 Å². The fourth-order valence-electron chi connectivity index (χ4n) is 0.553. The first-order valence-corrected chi connectivity index (χ1v) is 3.19. The summed E-state index contributed by atoms with van der Waals surface area (Å²) in [5.41, 5.74) is 4.94. The van der Waals surface area contributed by atoms with Crippen molar-refractivity contribution in [3.63, 3.8) is 0 Å². The van der Waals surface area contributed by atoms with Gasteiger partial charge in [0, 0.05) is 0 Å². The van der Waals surface area contributed by atoms with Gasteiger partial charge in [0.05, 0.1) is 0 Å². The maximum absolute atomic E-state index is 10.0. The summed E-state index contributed by atoms with van der Waals surface area (Å²) in [6, 6.07) is 0. The summed E-state index contributed by atoms with van der Waals surface area (Å²) >= 11 is 0. The van der Waals surface area contributed by atoms with Crippen LogP contribution in [0.25, 0.3) is 0 Å². The third kappa shape index (κ3) is 4.03. The molecule has 0 heterocycles. The summed E-state index contributed by atoms with van der Waals surface area (Å²) in [7, 11) is 0. The van der Waals surface area contributed by atoms with E-state index < -0.39 is 5.97 Å². The van der Waals surface area contributed by atoms with Gasteiger partial charge in [-0.1, -0.05) is 0 Å². The Labute approximate surface area is 59.5 Å². The molecule has 4 N–H and O–H groups in total. The molecule has 0 bridgehead atoms. The molecule has 10 heavy (non-hydrogen) atoms. The van der Waals surface area contributed by atoms with Crippen molar-refractivity contribution in [2.75, 3.05) is 6.54 Å². The van der Waals surface area contributed by atoms with E-state index in [1.807, 2.05) is 0 Å². The second-order valence-electron chi connectivity index (χ2n) is 2.03. The number of nitrogens with one attached hydrogen (secondary N) is 1. The van der Waals surface area contributed by atoms with Gasteiger partial charge in [-0.25, -0.2) is 4.79 Å². The van der Waals surface area contributed by atoms with Crippen molar-refractivity contribution in [3.05, 3.63) is 0 Å². The minimum atomic E-state index is -1.13. The van der Waals surface area contributed by atoms with E-state index in [0.717, 1.165) is 6.42 Å². The van der Waals surface area contributed by atoms with Crippen LogP contribution in [-0.2, 0) is 4.79 Å². The largest absolute Gasteiger partial charge is 0.477 e. The van der Waals surface area contributed by atoms with Gasteiger partial charge in [-0.3, -0.25) is 5.41 Å².